The Morgan fingerprint density at radius 3 is 2.21 bits per heavy atom. The van der Waals surface area contributed by atoms with Gasteiger partial charge in [-0.2, -0.15) is 0 Å². The van der Waals surface area contributed by atoms with Crippen LogP contribution in [-0.4, -0.2) is 14.0 Å². The van der Waals surface area contributed by atoms with Crippen molar-refractivity contribution >= 4 is 21.4 Å². The van der Waals surface area contributed by atoms with E-state index in [0.29, 0.717) is 4.21 Å². The zero-order chi connectivity index (χ0) is 14.1. The molecule has 0 unspecified atom stereocenters. The minimum Gasteiger partial charge on any atom is -0.206 e. The first-order valence-corrected chi connectivity index (χ1v) is 8.27. The van der Waals surface area contributed by atoms with E-state index in [4.69, 9.17) is 0 Å². The molecule has 1 aromatic heterocycles. The Bertz CT molecular complexity index is 652. The number of nitrogens with one attached hydrogen (secondary N) is 1. The summed E-state index contributed by atoms with van der Waals surface area (Å²) in [4.78, 5) is 0.954. The van der Waals surface area contributed by atoms with E-state index < -0.39 is 15.6 Å². The van der Waals surface area contributed by atoms with Crippen molar-refractivity contribution in [2.45, 2.75) is 30.5 Å². The van der Waals surface area contributed by atoms with E-state index in [9.17, 15) is 8.42 Å². The molecule has 0 aliphatic heterocycles. The standard InChI is InChI=1S/C14H17NO2S2/c1-14(2,3)15-19(16,17)13-10-9-12(18-13)11-7-5-4-6-8-11/h4-10,15H,1-3H3. The van der Waals surface area contributed by atoms with E-state index in [1.807, 2.05) is 57.2 Å². The fourth-order valence-electron chi connectivity index (χ4n) is 1.68. The lowest BCUT2D eigenvalue weighted by Crippen LogP contribution is -2.40. The largest absolute Gasteiger partial charge is 0.250 e. The van der Waals surface area contributed by atoms with Crippen LogP contribution < -0.4 is 4.72 Å². The first-order chi connectivity index (χ1) is 8.78. The Morgan fingerprint density at radius 1 is 1.00 bits per heavy atom. The lowest BCUT2D eigenvalue weighted by atomic mass is 10.1. The van der Waals surface area contributed by atoms with Gasteiger partial charge in [-0.1, -0.05) is 30.3 Å². The minimum absolute atomic E-state index is 0.348. The van der Waals surface area contributed by atoms with Crippen molar-refractivity contribution in [1.29, 1.82) is 0 Å². The Labute approximate surface area is 118 Å². The van der Waals surface area contributed by atoms with Crippen molar-refractivity contribution in [3.05, 3.63) is 42.5 Å². The summed E-state index contributed by atoms with van der Waals surface area (Å²) in [5, 5.41) is 0. The Morgan fingerprint density at radius 2 is 1.63 bits per heavy atom. The summed E-state index contributed by atoms with van der Waals surface area (Å²) in [5.74, 6) is 0. The molecule has 102 valence electrons. The third kappa shape index (κ3) is 3.65. The fraction of sp³-hybridized carbons (Fsp3) is 0.286. The molecule has 2 rings (SSSR count). The molecule has 0 bridgehead atoms. The van der Waals surface area contributed by atoms with Crippen LogP contribution in [0.5, 0.6) is 0 Å². The molecule has 5 heteroatoms. The molecular formula is C14H17NO2S2. The monoisotopic (exact) mass is 295 g/mol. The van der Waals surface area contributed by atoms with Gasteiger partial charge in [0.15, 0.2) is 0 Å². The quantitative estimate of drug-likeness (QED) is 0.942. The van der Waals surface area contributed by atoms with Crippen molar-refractivity contribution in [2.24, 2.45) is 0 Å². The predicted octanol–water partition coefficient (Wildman–Crippen LogP) is 3.49. The summed E-state index contributed by atoms with van der Waals surface area (Å²) in [6.07, 6.45) is 0. The molecule has 0 saturated heterocycles. The molecule has 19 heavy (non-hydrogen) atoms. The Kier molecular flexibility index (Phi) is 3.80. The fourth-order valence-corrected chi connectivity index (χ4v) is 4.41. The normalized spacial score (nSPS) is 12.6. The topological polar surface area (TPSA) is 46.2 Å². The third-order valence-electron chi connectivity index (χ3n) is 2.35. The average molecular weight is 295 g/mol. The average Bonchev–Trinajstić information content (AvgIpc) is 2.77. The van der Waals surface area contributed by atoms with E-state index in [1.54, 1.807) is 6.07 Å². The minimum atomic E-state index is -3.44. The molecule has 0 fully saturated rings. The van der Waals surface area contributed by atoms with E-state index in [1.165, 1.54) is 11.3 Å². The predicted molar refractivity (Wildman–Crippen MR) is 79.8 cm³/mol. The maximum absolute atomic E-state index is 12.2. The molecule has 3 nitrogen and oxygen atoms in total. The maximum atomic E-state index is 12.2. The molecular weight excluding hydrogens is 278 g/mol. The maximum Gasteiger partial charge on any atom is 0.250 e. The number of hydrogen-bond donors (Lipinski definition) is 1. The van der Waals surface area contributed by atoms with Gasteiger partial charge in [0.2, 0.25) is 0 Å². The first kappa shape index (κ1) is 14.2. The smallest absolute Gasteiger partial charge is 0.206 e. The molecule has 0 spiro atoms. The molecule has 0 aliphatic carbocycles. The second-order valence-electron chi connectivity index (χ2n) is 5.34. The highest BCUT2D eigenvalue weighted by Gasteiger charge is 2.23. The summed E-state index contributed by atoms with van der Waals surface area (Å²) in [6, 6.07) is 13.3. The lowest BCUT2D eigenvalue weighted by molar-refractivity contribution is 0.492. The van der Waals surface area contributed by atoms with Crippen molar-refractivity contribution < 1.29 is 8.42 Å². The molecule has 1 heterocycles. The first-order valence-electron chi connectivity index (χ1n) is 5.97. The number of rotatable bonds is 3. The van der Waals surface area contributed by atoms with Crippen molar-refractivity contribution in [1.82, 2.24) is 4.72 Å². The number of benzene rings is 1. The Balaban J connectivity index is 2.32. The summed E-state index contributed by atoms with van der Waals surface area (Å²) in [7, 11) is -3.44. The molecule has 2 aromatic rings. The second-order valence-corrected chi connectivity index (χ2v) is 8.33. The molecule has 1 N–H and O–H groups in total. The van der Waals surface area contributed by atoms with Crippen LogP contribution in [0, 0.1) is 0 Å². The Hall–Kier alpha value is -1.17. The molecule has 0 atom stereocenters. The van der Waals surface area contributed by atoms with Crippen LogP contribution in [0.1, 0.15) is 20.8 Å². The van der Waals surface area contributed by atoms with E-state index in [2.05, 4.69) is 4.72 Å². The highest BCUT2D eigenvalue weighted by atomic mass is 32.2. The molecule has 0 amide bonds. The molecule has 0 radical (unpaired) electrons. The zero-order valence-corrected chi connectivity index (χ0v) is 12.8. The lowest BCUT2D eigenvalue weighted by Gasteiger charge is -2.19. The number of sulfonamides is 1. The van der Waals surface area contributed by atoms with Gasteiger partial charge in [0.25, 0.3) is 10.0 Å². The van der Waals surface area contributed by atoms with Crippen molar-refractivity contribution in [3.8, 4) is 10.4 Å². The summed E-state index contributed by atoms with van der Waals surface area (Å²) < 4.78 is 27.4. The van der Waals surface area contributed by atoms with Crippen LogP contribution in [0.3, 0.4) is 0 Å². The zero-order valence-electron chi connectivity index (χ0n) is 11.2. The van der Waals surface area contributed by atoms with Crippen molar-refractivity contribution in [3.63, 3.8) is 0 Å². The van der Waals surface area contributed by atoms with Gasteiger partial charge in [-0.25, -0.2) is 13.1 Å². The number of hydrogen-bond acceptors (Lipinski definition) is 3. The molecule has 1 aromatic carbocycles. The van der Waals surface area contributed by atoms with E-state index in [0.717, 1.165) is 10.4 Å². The van der Waals surface area contributed by atoms with Gasteiger partial charge < -0.3 is 0 Å². The van der Waals surface area contributed by atoms with E-state index in [-0.39, 0.29) is 0 Å². The van der Waals surface area contributed by atoms with Crippen molar-refractivity contribution in [2.75, 3.05) is 0 Å². The molecule has 0 aliphatic rings. The second kappa shape index (κ2) is 5.07. The summed E-state index contributed by atoms with van der Waals surface area (Å²) in [5.41, 5.74) is 0.556. The van der Waals surface area contributed by atoms with Crippen LogP contribution in [0.2, 0.25) is 0 Å². The highest BCUT2D eigenvalue weighted by Crippen LogP contribution is 2.30. The van der Waals surface area contributed by atoms with Crippen LogP contribution in [-0.2, 0) is 10.0 Å². The van der Waals surface area contributed by atoms with Crippen LogP contribution in [0.25, 0.3) is 10.4 Å². The van der Waals surface area contributed by atoms with Crippen LogP contribution in [0.4, 0.5) is 0 Å². The van der Waals surface area contributed by atoms with Gasteiger partial charge in [-0.15, -0.1) is 11.3 Å². The van der Waals surface area contributed by atoms with Gasteiger partial charge in [-0.05, 0) is 38.5 Å². The van der Waals surface area contributed by atoms with Gasteiger partial charge in [-0.3, -0.25) is 0 Å². The number of thiophene rings is 1. The molecule has 0 saturated carbocycles. The third-order valence-corrected chi connectivity index (χ3v) is 5.73. The van der Waals surface area contributed by atoms with Gasteiger partial charge in [0.1, 0.15) is 4.21 Å². The SMILES string of the molecule is CC(C)(C)NS(=O)(=O)c1ccc(-c2ccccc2)s1. The summed E-state index contributed by atoms with van der Waals surface area (Å²) in [6.45, 7) is 5.49. The van der Waals surface area contributed by atoms with Gasteiger partial charge in [0.05, 0.1) is 0 Å². The summed E-state index contributed by atoms with van der Waals surface area (Å²) >= 11 is 1.28. The van der Waals surface area contributed by atoms with Crippen LogP contribution in [0.15, 0.2) is 46.7 Å². The van der Waals surface area contributed by atoms with Crippen LogP contribution >= 0.6 is 11.3 Å². The highest BCUT2D eigenvalue weighted by molar-refractivity contribution is 7.91. The van der Waals surface area contributed by atoms with E-state index >= 15 is 0 Å². The van der Waals surface area contributed by atoms with Gasteiger partial charge >= 0.3 is 0 Å². The van der Waals surface area contributed by atoms with Gasteiger partial charge in [0, 0.05) is 10.4 Å².